The second kappa shape index (κ2) is 12.4. The Bertz CT molecular complexity index is 1530. The standard InChI is InChI=1S/C35H40F2O8S/c1-6-20(2)29(40)44-13-7-8-15-46-31(42)35(45-30(41)27-10-9-14-43-27)21(3)16-23-24-18-26(36)25-17-22(38)11-12-32(25,4)34(24,37)28(39)19-33(23,35)5/h9-12,14,17,20-21,23-24,26,28,39H,6,13,15-16,18-19H2,1-5H3/t20?,21-,23+,24+,26+,28+,32+,33+,34+,35+/m1/s1. The molecule has 0 radical (unpaired) electrons. The topological polar surface area (TPSA) is 120 Å². The Hall–Kier alpha value is -3.23. The number of aliphatic hydroxyl groups excluding tert-OH is 1. The van der Waals surface area contributed by atoms with E-state index in [1.807, 2.05) is 6.92 Å². The minimum atomic E-state index is -2.35. The molecule has 4 aliphatic carbocycles. The van der Waals surface area contributed by atoms with Crippen LogP contribution >= 0.6 is 11.8 Å². The van der Waals surface area contributed by atoms with Gasteiger partial charge >= 0.3 is 11.9 Å². The molecular weight excluding hydrogens is 618 g/mol. The van der Waals surface area contributed by atoms with Crippen molar-refractivity contribution in [3.05, 3.63) is 48.0 Å². The zero-order valence-corrected chi connectivity index (χ0v) is 27.5. The Morgan fingerprint density at radius 2 is 1.96 bits per heavy atom. The molecule has 46 heavy (non-hydrogen) atoms. The fourth-order valence-electron chi connectivity index (χ4n) is 8.54. The molecule has 1 heterocycles. The summed E-state index contributed by atoms with van der Waals surface area (Å²) in [5.74, 6) is 1.07. The van der Waals surface area contributed by atoms with E-state index in [0.29, 0.717) is 6.42 Å². The predicted octanol–water partition coefficient (Wildman–Crippen LogP) is 5.59. The second-order valence-corrected chi connectivity index (χ2v) is 14.4. The molecule has 1 aromatic heterocycles. The summed E-state index contributed by atoms with van der Waals surface area (Å²) in [5, 5.41) is 11.2. The third kappa shape index (κ3) is 5.07. The SMILES string of the molecule is CCC(C)C(=O)OCC#CCSC(=O)[C@@]1(OC(=O)c2ccco2)[C@H](C)C[C@H]2[C@@H]3C[C@H](F)C4=CC(=O)C=C[C@]4(C)[C@@]3(F)[C@@H](O)C[C@@]21C. The Balaban J connectivity index is 1.48. The summed E-state index contributed by atoms with van der Waals surface area (Å²) in [4.78, 5) is 51.9. The van der Waals surface area contributed by atoms with E-state index in [9.17, 15) is 24.3 Å². The van der Waals surface area contributed by atoms with Gasteiger partial charge in [0.05, 0.1) is 24.0 Å². The van der Waals surface area contributed by atoms with Gasteiger partial charge in [0.15, 0.2) is 23.7 Å². The maximum atomic E-state index is 17.7. The molecule has 0 amide bonds. The van der Waals surface area contributed by atoms with Gasteiger partial charge < -0.3 is 19.0 Å². The van der Waals surface area contributed by atoms with Gasteiger partial charge in [-0.3, -0.25) is 14.4 Å². The van der Waals surface area contributed by atoms with Crippen molar-refractivity contribution in [2.45, 2.75) is 83.8 Å². The molecule has 1 unspecified atom stereocenters. The molecule has 1 aromatic rings. The molecule has 0 spiro atoms. The van der Waals surface area contributed by atoms with Gasteiger partial charge in [0.2, 0.25) is 10.9 Å². The molecule has 0 aliphatic heterocycles. The predicted molar refractivity (Wildman–Crippen MR) is 166 cm³/mol. The lowest BCUT2D eigenvalue weighted by molar-refractivity contribution is -0.221. The monoisotopic (exact) mass is 658 g/mol. The molecule has 0 bridgehead atoms. The molecule has 0 saturated heterocycles. The van der Waals surface area contributed by atoms with Crippen LogP contribution < -0.4 is 0 Å². The lowest BCUT2D eigenvalue weighted by Crippen LogP contribution is -2.70. The first kappa shape index (κ1) is 34.1. The molecule has 11 heteroatoms. The third-order valence-corrected chi connectivity index (χ3v) is 12.0. The van der Waals surface area contributed by atoms with Gasteiger partial charge in [0, 0.05) is 22.7 Å². The second-order valence-electron chi connectivity index (χ2n) is 13.4. The van der Waals surface area contributed by atoms with E-state index in [1.165, 1.54) is 37.5 Å². The zero-order chi connectivity index (χ0) is 33.7. The summed E-state index contributed by atoms with van der Waals surface area (Å²) in [7, 11) is 0. The number of hydrogen-bond acceptors (Lipinski definition) is 9. The summed E-state index contributed by atoms with van der Waals surface area (Å²) in [6, 6.07) is 2.91. The number of carbonyl (C=O) groups excluding carboxylic acids is 4. The number of thioether (sulfide) groups is 1. The normalized spacial score (nSPS) is 38.3. The van der Waals surface area contributed by atoms with Crippen LogP contribution in [0.3, 0.4) is 0 Å². The molecule has 10 atom stereocenters. The van der Waals surface area contributed by atoms with Crippen LogP contribution in [0.4, 0.5) is 8.78 Å². The summed E-state index contributed by atoms with van der Waals surface area (Å²) in [5.41, 5.74) is -7.08. The fourth-order valence-corrected chi connectivity index (χ4v) is 9.53. The molecule has 5 rings (SSSR count). The number of esters is 2. The van der Waals surface area contributed by atoms with Crippen LogP contribution in [0.5, 0.6) is 0 Å². The number of ether oxygens (including phenoxy) is 2. The van der Waals surface area contributed by atoms with Gasteiger partial charge in [-0.25, -0.2) is 13.6 Å². The number of allylic oxidation sites excluding steroid dienone is 4. The quantitative estimate of drug-likeness (QED) is 0.295. The van der Waals surface area contributed by atoms with Crippen LogP contribution in [-0.2, 0) is 23.9 Å². The first-order valence-corrected chi connectivity index (χ1v) is 16.7. The Morgan fingerprint density at radius 3 is 2.63 bits per heavy atom. The Morgan fingerprint density at radius 1 is 1.22 bits per heavy atom. The lowest BCUT2D eigenvalue weighted by atomic mass is 9.44. The molecule has 1 N–H and O–H groups in total. The molecule has 8 nitrogen and oxygen atoms in total. The van der Waals surface area contributed by atoms with Crippen molar-refractivity contribution in [1.82, 2.24) is 0 Å². The van der Waals surface area contributed by atoms with Crippen molar-refractivity contribution in [2.75, 3.05) is 12.4 Å². The highest BCUT2D eigenvalue weighted by Crippen LogP contribution is 2.72. The van der Waals surface area contributed by atoms with E-state index >= 15 is 8.78 Å². The highest BCUT2D eigenvalue weighted by atomic mass is 32.2. The van der Waals surface area contributed by atoms with Gasteiger partial charge in [-0.1, -0.05) is 57.4 Å². The van der Waals surface area contributed by atoms with Crippen molar-refractivity contribution < 1.29 is 47.0 Å². The lowest BCUT2D eigenvalue weighted by Gasteiger charge is -2.63. The highest BCUT2D eigenvalue weighted by molar-refractivity contribution is 8.14. The number of alkyl halides is 2. The van der Waals surface area contributed by atoms with Crippen LogP contribution in [0.2, 0.25) is 0 Å². The van der Waals surface area contributed by atoms with Crippen molar-refractivity contribution in [3.8, 4) is 11.8 Å². The van der Waals surface area contributed by atoms with Crippen molar-refractivity contribution in [2.24, 2.45) is 34.5 Å². The fraction of sp³-hybridized carbons (Fsp3) is 0.600. The van der Waals surface area contributed by atoms with Gasteiger partial charge in [-0.05, 0) is 68.4 Å². The smallest absolute Gasteiger partial charge is 0.375 e. The summed E-state index contributed by atoms with van der Waals surface area (Å²) >= 11 is 0.819. The van der Waals surface area contributed by atoms with Gasteiger partial charge in [0.25, 0.3) is 0 Å². The van der Waals surface area contributed by atoms with E-state index in [4.69, 9.17) is 13.9 Å². The number of ketones is 1. The van der Waals surface area contributed by atoms with Crippen molar-refractivity contribution in [1.29, 1.82) is 0 Å². The zero-order valence-electron chi connectivity index (χ0n) is 26.6. The van der Waals surface area contributed by atoms with Gasteiger partial charge in [-0.15, -0.1) is 0 Å². The largest absolute Gasteiger partial charge is 0.457 e. The molecule has 248 valence electrons. The van der Waals surface area contributed by atoms with Crippen LogP contribution in [0.25, 0.3) is 0 Å². The average molecular weight is 659 g/mol. The van der Waals surface area contributed by atoms with Crippen molar-refractivity contribution in [3.63, 3.8) is 0 Å². The van der Waals surface area contributed by atoms with Crippen LogP contribution in [0.1, 0.15) is 70.9 Å². The van der Waals surface area contributed by atoms with E-state index in [-0.39, 0.29) is 54.8 Å². The number of furan rings is 1. The number of aliphatic hydroxyl groups is 1. The molecule has 3 saturated carbocycles. The third-order valence-electron chi connectivity index (χ3n) is 11.1. The minimum absolute atomic E-state index is 0.00277. The number of carbonyl (C=O) groups is 4. The first-order chi connectivity index (χ1) is 21.7. The van der Waals surface area contributed by atoms with Crippen LogP contribution in [0.15, 0.2) is 46.6 Å². The van der Waals surface area contributed by atoms with E-state index < -0.39 is 69.0 Å². The summed E-state index contributed by atoms with van der Waals surface area (Å²) < 4.78 is 50.1. The molecule has 0 aromatic carbocycles. The number of fused-ring (bicyclic) bond motifs is 5. The van der Waals surface area contributed by atoms with Gasteiger partial charge in [0.1, 0.15) is 6.17 Å². The summed E-state index contributed by atoms with van der Waals surface area (Å²) in [6.07, 6.45) is 1.96. The van der Waals surface area contributed by atoms with Crippen molar-refractivity contribution >= 4 is 34.6 Å². The number of halogens is 2. The summed E-state index contributed by atoms with van der Waals surface area (Å²) in [6.45, 7) is 8.44. The highest BCUT2D eigenvalue weighted by Gasteiger charge is 2.78. The maximum Gasteiger partial charge on any atom is 0.375 e. The van der Waals surface area contributed by atoms with E-state index in [1.54, 1.807) is 20.8 Å². The number of hydrogen-bond donors (Lipinski definition) is 1. The molecule has 4 aliphatic rings. The first-order valence-electron chi connectivity index (χ1n) is 15.7. The van der Waals surface area contributed by atoms with Crippen LogP contribution in [0, 0.1) is 46.3 Å². The Kier molecular flexibility index (Phi) is 9.21. The Labute approximate surface area is 271 Å². The minimum Gasteiger partial charge on any atom is -0.457 e. The van der Waals surface area contributed by atoms with E-state index in [0.717, 1.165) is 17.8 Å². The molecular formula is C35H40F2O8S. The van der Waals surface area contributed by atoms with Gasteiger partial charge in [-0.2, -0.15) is 0 Å². The van der Waals surface area contributed by atoms with Crippen LogP contribution in [-0.4, -0.2) is 63.8 Å². The number of rotatable bonds is 7. The van der Waals surface area contributed by atoms with E-state index in [2.05, 4.69) is 11.8 Å². The average Bonchev–Trinajstić information content (AvgIpc) is 3.63. The maximum absolute atomic E-state index is 17.7. The molecule has 3 fully saturated rings.